The maximum absolute atomic E-state index is 12.6. The third-order valence-corrected chi connectivity index (χ3v) is 6.80. The van der Waals surface area contributed by atoms with Crippen LogP contribution in [0.25, 0.3) is 0 Å². The monoisotopic (exact) mass is 335 g/mol. The lowest BCUT2D eigenvalue weighted by Gasteiger charge is -2.46. The van der Waals surface area contributed by atoms with Crippen molar-refractivity contribution < 1.29 is 4.79 Å². The Bertz CT molecular complexity index is 415. The molecule has 0 aromatic carbocycles. The minimum absolute atomic E-state index is 0.269. The van der Waals surface area contributed by atoms with Crippen LogP contribution in [0.4, 0.5) is 0 Å². The number of hydrogen-bond donors (Lipinski definition) is 0. The molecule has 0 atom stereocenters. The van der Waals surface area contributed by atoms with Crippen molar-refractivity contribution in [1.29, 1.82) is 0 Å². The summed E-state index contributed by atoms with van der Waals surface area (Å²) in [6.45, 7) is 15.6. The molecule has 0 spiro atoms. The Morgan fingerprint density at radius 2 is 1.46 bits per heavy atom. The number of likely N-dealkylation sites (tertiary alicyclic amines) is 3. The Kier molecular flexibility index (Phi) is 5.86. The van der Waals surface area contributed by atoms with Crippen molar-refractivity contribution in [3.05, 3.63) is 0 Å². The van der Waals surface area contributed by atoms with Gasteiger partial charge in [-0.1, -0.05) is 13.8 Å². The predicted octanol–water partition coefficient (Wildman–Crippen LogP) is 2.69. The van der Waals surface area contributed by atoms with Crippen LogP contribution in [0.1, 0.15) is 53.4 Å². The van der Waals surface area contributed by atoms with E-state index >= 15 is 0 Å². The molecule has 0 aromatic heterocycles. The number of nitrogens with zero attached hydrogens (tertiary/aromatic N) is 3. The molecule has 1 amide bonds. The van der Waals surface area contributed by atoms with Gasteiger partial charge in [0.15, 0.2) is 0 Å². The van der Waals surface area contributed by atoms with Crippen LogP contribution < -0.4 is 0 Å². The van der Waals surface area contributed by atoms with Gasteiger partial charge < -0.3 is 9.80 Å². The standard InChI is InChI=1S/C20H37N3O/c1-15(2)17-5-9-21(10-6-17)19-7-11-22(12-8-19)20(24)18-13-23(14-18)16(3)4/h15-19H,5-14H2,1-4H3. The highest BCUT2D eigenvalue weighted by molar-refractivity contribution is 5.80. The van der Waals surface area contributed by atoms with Crippen molar-refractivity contribution in [2.45, 2.75) is 65.5 Å². The summed E-state index contributed by atoms with van der Waals surface area (Å²) >= 11 is 0. The molecule has 0 aromatic rings. The zero-order valence-corrected chi connectivity index (χ0v) is 16.2. The molecule has 0 aliphatic carbocycles. The quantitative estimate of drug-likeness (QED) is 0.790. The number of amides is 1. The van der Waals surface area contributed by atoms with Gasteiger partial charge in [0, 0.05) is 38.3 Å². The first-order valence-corrected chi connectivity index (χ1v) is 10.2. The molecule has 0 radical (unpaired) electrons. The molecule has 3 heterocycles. The van der Waals surface area contributed by atoms with Crippen molar-refractivity contribution in [1.82, 2.24) is 14.7 Å². The van der Waals surface area contributed by atoms with Crippen molar-refractivity contribution in [3.8, 4) is 0 Å². The third kappa shape index (κ3) is 3.96. The van der Waals surface area contributed by atoms with E-state index in [0.29, 0.717) is 11.9 Å². The topological polar surface area (TPSA) is 26.8 Å². The van der Waals surface area contributed by atoms with Crippen LogP contribution in [0, 0.1) is 17.8 Å². The maximum Gasteiger partial charge on any atom is 0.228 e. The van der Waals surface area contributed by atoms with Crippen molar-refractivity contribution in [2.75, 3.05) is 39.3 Å². The highest BCUT2D eigenvalue weighted by Gasteiger charge is 2.38. The van der Waals surface area contributed by atoms with E-state index in [1.54, 1.807) is 0 Å². The van der Waals surface area contributed by atoms with Crippen LogP contribution in [0.15, 0.2) is 0 Å². The van der Waals surface area contributed by atoms with Crippen LogP contribution in [0.2, 0.25) is 0 Å². The molecule has 4 heteroatoms. The molecule has 0 unspecified atom stereocenters. The molecule has 3 saturated heterocycles. The second-order valence-electron chi connectivity index (χ2n) is 8.92. The second kappa shape index (κ2) is 7.74. The van der Waals surface area contributed by atoms with Crippen LogP contribution >= 0.6 is 0 Å². The normalized spacial score (nSPS) is 26.3. The number of piperidine rings is 2. The Balaban J connectivity index is 1.39. The zero-order valence-electron chi connectivity index (χ0n) is 16.2. The van der Waals surface area contributed by atoms with Gasteiger partial charge in [0.2, 0.25) is 5.91 Å². The van der Waals surface area contributed by atoms with Gasteiger partial charge in [0.05, 0.1) is 5.92 Å². The molecule has 3 fully saturated rings. The molecule has 4 nitrogen and oxygen atoms in total. The highest BCUT2D eigenvalue weighted by Crippen LogP contribution is 2.29. The Hall–Kier alpha value is -0.610. The SMILES string of the molecule is CC(C)C1CCN(C2CCN(C(=O)C3CN(C(C)C)C3)CC2)CC1. The smallest absolute Gasteiger partial charge is 0.228 e. The summed E-state index contributed by atoms with van der Waals surface area (Å²) in [5, 5.41) is 0. The Labute approximate surface area is 148 Å². The average Bonchev–Trinajstić information content (AvgIpc) is 2.53. The first-order valence-electron chi connectivity index (χ1n) is 10.2. The highest BCUT2D eigenvalue weighted by atomic mass is 16.2. The molecule has 0 bridgehead atoms. The van der Waals surface area contributed by atoms with E-state index in [0.717, 1.165) is 44.1 Å². The molecule has 3 aliphatic heterocycles. The van der Waals surface area contributed by atoms with E-state index in [4.69, 9.17) is 0 Å². The lowest BCUT2D eigenvalue weighted by Crippen LogP contribution is -2.58. The van der Waals surface area contributed by atoms with Crippen LogP contribution in [-0.2, 0) is 4.79 Å². The fourth-order valence-corrected chi connectivity index (χ4v) is 4.75. The van der Waals surface area contributed by atoms with Crippen molar-refractivity contribution in [3.63, 3.8) is 0 Å². The predicted molar refractivity (Wildman–Crippen MR) is 98.9 cm³/mol. The van der Waals surface area contributed by atoms with Crippen LogP contribution in [0.3, 0.4) is 0 Å². The first kappa shape index (κ1) is 18.2. The summed E-state index contributed by atoms with van der Waals surface area (Å²) in [5.41, 5.74) is 0. The minimum atomic E-state index is 0.269. The van der Waals surface area contributed by atoms with Crippen LogP contribution in [0.5, 0.6) is 0 Å². The lowest BCUT2D eigenvalue weighted by atomic mass is 9.85. The molecular formula is C20H37N3O. The number of rotatable bonds is 4. The minimum Gasteiger partial charge on any atom is -0.342 e. The Morgan fingerprint density at radius 1 is 0.875 bits per heavy atom. The summed E-state index contributed by atoms with van der Waals surface area (Å²) in [7, 11) is 0. The van der Waals surface area contributed by atoms with Crippen molar-refractivity contribution in [2.24, 2.45) is 17.8 Å². The average molecular weight is 336 g/mol. The summed E-state index contributed by atoms with van der Waals surface area (Å²) < 4.78 is 0. The summed E-state index contributed by atoms with van der Waals surface area (Å²) in [6.07, 6.45) is 5.09. The fraction of sp³-hybridized carbons (Fsp3) is 0.950. The van der Waals surface area contributed by atoms with Gasteiger partial charge in [0.1, 0.15) is 0 Å². The van der Waals surface area contributed by atoms with Gasteiger partial charge in [-0.25, -0.2) is 0 Å². The molecule has 3 aliphatic rings. The van der Waals surface area contributed by atoms with E-state index in [-0.39, 0.29) is 5.92 Å². The number of hydrogen-bond acceptors (Lipinski definition) is 3. The largest absolute Gasteiger partial charge is 0.342 e. The van der Waals surface area contributed by atoms with E-state index in [1.165, 1.54) is 38.8 Å². The third-order valence-electron chi connectivity index (χ3n) is 6.80. The molecule has 24 heavy (non-hydrogen) atoms. The first-order chi connectivity index (χ1) is 11.5. The zero-order chi connectivity index (χ0) is 17.3. The van der Waals surface area contributed by atoms with Gasteiger partial charge in [-0.2, -0.15) is 0 Å². The number of carbonyl (C=O) groups excluding carboxylic acids is 1. The van der Waals surface area contributed by atoms with Gasteiger partial charge in [0.25, 0.3) is 0 Å². The van der Waals surface area contributed by atoms with Crippen LogP contribution in [-0.4, -0.2) is 72.0 Å². The van der Waals surface area contributed by atoms with Gasteiger partial charge in [-0.05, 0) is 64.5 Å². The molecule has 138 valence electrons. The Morgan fingerprint density at radius 3 is 1.96 bits per heavy atom. The molecular weight excluding hydrogens is 298 g/mol. The lowest BCUT2D eigenvalue weighted by molar-refractivity contribution is -0.143. The summed E-state index contributed by atoms with van der Waals surface area (Å²) in [5.74, 6) is 2.44. The summed E-state index contributed by atoms with van der Waals surface area (Å²) in [6, 6.07) is 1.30. The maximum atomic E-state index is 12.6. The van der Waals surface area contributed by atoms with Gasteiger partial charge in [-0.3, -0.25) is 9.69 Å². The van der Waals surface area contributed by atoms with Gasteiger partial charge in [-0.15, -0.1) is 0 Å². The number of carbonyl (C=O) groups is 1. The fourth-order valence-electron chi connectivity index (χ4n) is 4.75. The van der Waals surface area contributed by atoms with Gasteiger partial charge >= 0.3 is 0 Å². The van der Waals surface area contributed by atoms with E-state index in [1.807, 2.05) is 0 Å². The summed E-state index contributed by atoms with van der Waals surface area (Å²) in [4.78, 5) is 19.9. The molecule has 0 saturated carbocycles. The molecule has 3 rings (SSSR count). The van der Waals surface area contributed by atoms with E-state index < -0.39 is 0 Å². The second-order valence-corrected chi connectivity index (χ2v) is 8.92. The van der Waals surface area contributed by atoms with E-state index in [2.05, 4.69) is 42.4 Å². The van der Waals surface area contributed by atoms with E-state index in [9.17, 15) is 4.79 Å². The van der Waals surface area contributed by atoms with Crippen molar-refractivity contribution >= 4 is 5.91 Å². The molecule has 0 N–H and O–H groups in total.